The molecule has 0 atom stereocenters. The van der Waals surface area contributed by atoms with Crippen molar-refractivity contribution in [3.63, 3.8) is 0 Å². The monoisotopic (exact) mass is 230 g/mol. The molecule has 3 heteroatoms. The van der Waals surface area contributed by atoms with Gasteiger partial charge in [-0.2, -0.15) is 0 Å². The minimum absolute atomic E-state index is 0.203. The molecule has 2 rings (SSSR count). The molecule has 0 aliphatic carbocycles. The maximum atomic E-state index is 12.7. The molecular weight excluding hydrogens is 223 g/mol. The standard InChI is InChI=1S/C9H8BrFO/c10-9-3-7(11)1-2-8(9)6-4-12-5-6/h1-3,6H,4-5H2. The van der Waals surface area contributed by atoms with Crippen LogP contribution in [0.25, 0.3) is 0 Å². The summed E-state index contributed by atoms with van der Waals surface area (Å²) in [5, 5.41) is 0. The third-order valence-electron chi connectivity index (χ3n) is 2.04. The Morgan fingerprint density at radius 2 is 2.17 bits per heavy atom. The quantitative estimate of drug-likeness (QED) is 0.721. The second-order valence-electron chi connectivity index (χ2n) is 2.90. The molecule has 0 saturated carbocycles. The highest BCUT2D eigenvalue weighted by Gasteiger charge is 2.22. The number of hydrogen-bond acceptors (Lipinski definition) is 1. The van der Waals surface area contributed by atoms with Gasteiger partial charge < -0.3 is 4.74 Å². The molecule has 1 aliphatic heterocycles. The summed E-state index contributed by atoms with van der Waals surface area (Å²) >= 11 is 3.33. The maximum absolute atomic E-state index is 12.7. The van der Waals surface area contributed by atoms with Crippen LogP contribution in [-0.4, -0.2) is 13.2 Å². The number of hydrogen-bond donors (Lipinski definition) is 0. The summed E-state index contributed by atoms with van der Waals surface area (Å²) in [6.07, 6.45) is 0. The van der Waals surface area contributed by atoms with Crippen LogP contribution in [0.5, 0.6) is 0 Å². The van der Waals surface area contributed by atoms with Crippen molar-refractivity contribution >= 4 is 15.9 Å². The van der Waals surface area contributed by atoms with E-state index in [2.05, 4.69) is 15.9 Å². The molecule has 1 heterocycles. The lowest BCUT2D eigenvalue weighted by Gasteiger charge is -2.27. The number of halogens is 2. The van der Waals surface area contributed by atoms with E-state index >= 15 is 0 Å². The van der Waals surface area contributed by atoms with Crippen molar-refractivity contribution in [3.8, 4) is 0 Å². The van der Waals surface area contributed by atoms with Gasteiger partial charge in [0.15, 0.2) is 0 Å². The fourth-order valence-corrected chi connectivity index (χ4v) is 1.92. The lowest BCUT2D eigenvalue weighted by molar-refractivity contribution is 0.00811. The number of benzene rings is 1. The van der Waals surface area contributed by atoms with E-state index in [4.69, 9.17) is 4.74 Å². The zero-order valence-corrected chi connectivity index (χ0v) is 7.97. The zero-order valence-electron chi connectivity index (χ0n) is 6.39. The predicted octanol–water partition coefficient (Wildman–Crippen LogP) is 2.70. The average molecular weight is 231 g/mol. The third-order valence-corrected chi connectivity index (χ3v) is 2.73. The first-order valence-electron chi connectivity index (χ1n) is 3.80. The van der Waals surface area contributed by atoms with Crippen LogP contribution in [0.4, 0.5) is 4.39 Å². The molecule has 0 aromatic heterocycles. The van der Waals surface area contributed by atoms with Gasteiger partial charge in [-0.1, -0.05) is 22.0 Å². The molecule has 1 fully saturated rings. The molecule has 0 amide bonds. The van der Waals surface area contributed by atoms with E-state index < -0.39 is 0 Å². The van der Waals surface area contributed by atoms with Crippen LogP contribution in [-0.2, 0) is 4.74 Å². The fourth-order valence-electron chi connectivity index (χ4n) is 1.25. The second kappa shape index (κ2) is 3.15. The lowest BCUT2D eigenvalue weighted by Crippen LogP contribution is -2.25. The summed E-state index contributed by atoms with van der Waals surface area (Å²) in [4.78, 5) is 0. The third kappa shape index (κ3) is 1.39. The summed E-state index contributed by atoms with van der Waals surface area (Å²) in [5.41, 5.74) is 1.14. The Morgan fingerprint density at radius 1 is 1.42 bits per heavy atom. The topological polar surface area (TPSA) is 9.23 Å². The highest BCUT2D eigenvalue weighted by Crippen LogP contribution is 2.30. The van der Waals surface area contributed by atoms with E-state index in [1.165, 1.54) is 12.1 Å². The first kappa shape index (κ1) is 8.20. The number of rotatable bonds is 1. The zero-order chi connectivity index (χ0) is 8.55. The van der Waals surface area contributed by atoms with Gasteiger partial charge in [-0.3, -0.25) is 0 Å². The Balaban J connectivity index is 2.31. The van der Waals surface area contributed by atoms with Crippen LogP contribution in [0.1, 0.15) is 11.5 Å². The summed E-state index contributed by atoms with van der Waals surface area (Å²) in [6, 6.07) is 4.79. The van der Waals surface area contributed by atoms with E-state index in [0.717, 1.165) is 23.2 Å². The van der Waals surface area contributed by atoms with E-state index in [1.807, 2.05) is 6.07 Å². The van der Waals surface area contributed by atoms with Crippen LogP contribution in [0.15, 0.2) is 22.7 Å². The molecule has 1 aromatic carbocycles. The molecular formula is C9H8BrFO. The van der Waals surface area contributed by atoms with Crippen molar-refractivity contribution in [1.82, 2.24) is 0 Å². The van der Waals surface area contributed by atoms with Crippen LogP contribution >= 0.6 is 15.9 Å². The first-order valence-corrected chi connectivity index (χ1v) is 4.59. The molecule has 64 valence electrons. The van der Waals surface area contributed by atoms with E-state index in [1.54, 1.807) is 0 Å². The fraction of sp³-hybridized carbons (Fsp3) is 0.333. The van der Waals surface area contributed by atoms with Gasteiger partial charge >= 0.3 is 0 Å². The van der Waals surface area contributed by atoms with Crippen molar-refractivity contribution in [3.05, 3.63) is 34.1 Å². The Kier molecular flexibility index (Phi) is 2.15. The van der Waals surface area contributed by atoms with E-state index in [-0.39, 0.29) is 5.82 Å². The largest absolute Gasteiger partial charge is 0.380 e. The average Bonchev–Trinajstić information content (AvgIpc) is 1.91. The summed E-state index contributed by atoms with van der Waals surface area (Å²) in [5.74, 6) is 0.242. The van der Waals surface area contributed by atoms with Crippen LogP contribution < -0.4 is 0 Å². The van der Waals surface area contributed by atoms with E-state index in [9.17, 15) is 4.39 Å². The molecule has 1 nitrogen and oxygen atoms in total. The summed E-state index contributed by atoms with van der Waals surface area (Å²) in [6.45, 7) is 1.51. The highest BCUT2D eigenvalue weighted by molar-refractivity contribution is 9.10. The highest BCUT2D eigenvalue weighted by atomic mass is 79.9. The summed E-state index contributed by atoms with van der Waals surface area (Å²) in [7, 11) is 0. The molecule has 0 bridgehead atoms. The van der Waals surface area contributed by atoms with Crippen molar-refractivity contribution in [2.45, 2.75) is 5.92 Å². The van der Waals surface area contributed by atoms with Gasteiger partial charge in [-0.25, -0.2) is 4.39 Å². The molecule has 12 heavy (non-hydrogen) atoms. The molecule has 0 unspecified atom stereocenters. The predicted molar refractivity (Wildman–Crippen MR) is 47.7 cm³/mol. The molecule has 0 spiro atoms. The Morgan fingerprint density at radius 3 is 2.67 bits per heavy atom. The normalized spacial score (nSPS) is 17.5. The summed E-state index contributed by atoms with van der Waals surface area (Å²) < 4.78 is 18.6. The van der Waals surface area contributed by atoms with Gasteiger partial charge in [0, 0.05) is 10.4 Å². The molecule has 1 aliphatic rings. The van der Waals surface area contributed by atoms with Gasteiger partial charge in [0.1, 0.15) is 5.82 Å². The van der Waals surface area contributed by atoms with Gasteiger partial charge in [-0.05, 0) is 17.7 Å². The van der Waals surface area contributed by atoms with Gasteiger partial charge in [0.25, 0.3) is 0 Å². The Labute approximate surface area is 78.7 Å². The van der Waals surface area contributed by atoms with Crippen molar-refractivity contribution < 1.29 is 9.13 Å². The first-order chi connectivity index (χ1) is 5.77. The SMILES string of the molecule is Fc1ccc(C2COC2)c(Br)c1. The smallest absolute Gasteiger partial charge is 0.124 e. The van der Waals surface area contributed by atoms with Crippen molar-refractivity contribution in [2.75, 3.05) is 13.2 Å². The second-order valence-corrected chi connectivity index (χ2v) is 3.75. The van der Waals surface area contributed by atoms with Crippen molar-refractivity contribution in [1.29, 1.82) is 0 Å². The minimum Gasteiger partial charge on any atom is -0.380 e. The van der Waals surface area contributed by atoms with Gasteiger partial charge in [-0.15, -0.1) is 0 Å². The van der Waals surface area contributed by atoms with Gasteiger partial charge in [0.2, 0.25) is 0 Å². The number of ether oxygens (including phenoxy) is 1. The van der Waals surface area contributed by atoms with Crippen LogP contribution in [0.2, 0.25) is 0 Å². The van der Waals surface area contributed by atoms with Crippen LogP contribution in [0.3, 0.4) is 0 Å². The molecule has 0 radical (unpaired) electrons. The maximum Gasteiger partial charge on any atom is 0.124 e. The van der Waals surface area contributed by atoms with Crippen molar-refractivity contribution in [2.24, 2.45) is 0 Å². The Hall–Kier alpha value is -0.410. The lowest BCUT2D eigenvalue weighted by atomic mass is 9.98. The van der Waals surface area contributed by atoms with E-state index in [0.29, 0.717) is 5.92 Å². The minimum atomic E-state index is -0.203. The van der Waals surface area contributed by atoms with Gasteiger partial charge in [0.05, 0.1) is 13.2 Å². The van der Waals surface area contributed by atoms with Crippen LogP contribution in [0, 0.1) is 5.82 Å². The molecule has 1 saturated heterocycles. The molecule has 0 N–H and O–H groups in total. The molecule has 1 aromatic rings. The Bertz CT molecular complexity index is 297.